The smallest absolute Gasteiger partial charge is 0.335 e. The minimum absolute atomic E-state index is 0.122. The highest BCUT2D eigenvalue weighted by Crippen LogP contribution is 2.29. The van der Waals surface area contributed by atoms with Crippen molar-refractivity contribution in [3.8, 4) is 5.75 Å². The van der Waals surface area contributed by atoms with Crippen LogP contribution in [-0.4, -0.2) is 44.3 Å². The van der Waals surface area contributed by atoms with E-state index in [2.05, 4.69) is 0 Å². The van der Waals surface area contributed by atoms with E-state index >= 15 is 0 Å². The third-order valence-corrected chi connectivity index (χ3v) is 4.29. The second-order valence-electron chi connectivity index (χ2n) is 4.53. The number of carboxylic acids is 1. The highest BCUT2D eigenvalue weighted by molar-refractivity contribution is 7.87. The van der Waals surface area contributed by atoms with Crippen molar-refractivity contribution in [3.05, 3.63) is 23.8 Å². The van der Waals surface area contributed by atoms with Crippen LogP contribution in [0.25, 0.3) is 0 Å². The highest BCUT2D eigenvalue weighted by Gasteiger charge is 2.39. The molecule has 0 bridgehead atoms. The van der Waals surface area contributed by atoms with E-state index in [1.54, 1.807) is 0 Å². The lowest BCUT2D eigenvalue weighted by Crippen LogP contribution is -2.27. The van der Waals surface area contributed by atoms with Gasteiger partial charge in [0.15, 0.2) is 0 Å². The lowest BCUT2D eigenvalue weighted by atomic mass is 10.1. The maximum Gasteiger partial charge on any atom is 0.335 e. The van der Waals surface area contributed by atoms with Crippen LogP contribution >= 0.6 is 0 Å². The van der Waals surface area contributed by atoms with E-state index in [1.165, 1.54) is 25.3 Å². The van der Waals surface area contributed by atoms with Crippen molar-refractivity contribution < 1.29 is 31.7 Å². The summed E-state index contributed by atoms with van der Waals surface area (Å²) >= 11 is 0. The van der Waals surface area contributed by atoms with E-state index in [4.69, 9.17) is 9.84 Å². The van der Waals surface area contributed by atoms with Crippen LogP contribution in [0, 0.1) is 0 Å². The van der Waals surface area contributed by atoms with Gasteiger partial charge in [-0.3, -0.25) is 4.79 Å². The molecule has 1 unspecified atom stereocenters. The number of amides is 1. The van der Waals surface area contributed by atoms with Crippen molar-refractivity contribution in [2.24, 2.45) is 0 Å². The topological polar surface area (TPSA) is 101 Å². The standard InChI is InChI=1S/C12H12FNO6S/c1-20-9-3-7(12(16)17)2-8(4-9)14-6-10(5-11(14)15)21(13,18)19/h2-4,10H,5-6H2,1H3,(H,16,17). The van der Waals surface area contributed by atoms with E-state index in [0.717, 1.165) is 4.90 Å². The van der Waals surface area contributed by atoms with Gasteiger partial charge in [-0.05, 0) is 12.1 Å². The van der Waals surface area contributed by atoms with Gasteiger partial charge in [-0.1, -0.05) is 0 Å². The molecule has 0 aliphatic carbocycles. The molecule has 1 fully saturated rings. The summed E-state index contributed by atoms with van der Waals surface area (Å²) in [4.78, 5) is 23.9. The molecule has 1 aliphatic rings. The number of ether oxygens (including phenoxy) is 1. The third-order valence-electron chi connectivity index (χ3n) is 3.17. The number of hydrogen-bond acceptors (Lipinski definition) is 5. The molecule has 1 heterocycles. The summed E-state index contributed by atoms with van der Waals surface area (Å²) in [7, 11) is -3.50. The monoisotopic (exact) mass is 317 g/mol. The summed E-state index contributed by atoms with van der Waals surface area (Å²) in [6.07, 6.45) is -0.474. The highest BCUT2D eigenvalue weighted by atomic mass is 32.3. The molecule has 0 spiro atoms. The molecular formula is C12H12FNO6S. The summed E-state index contributed by atoms with van der Waals surface area (Å²) in [6.45, 7) is -0.357. The van der Waals surface area contributed by atoms with E-state index in [-0.39, 0.29) is 23.5 Å². The first-order chi connectivity index (χ1) is 9.72. The van der Waals surface area contributed by atoms with E-state index < -0.39 is 33.8 Å². The predicted molar refractivity (Wildman–Crippen MR) is 70.7 cm³/mol. The van der Waals surface area contributed by atoms with Gasteiger partial charge in [-0.2, -0.15) is 8.42 Å². The quantitative estimate of drug-likeness (QED) is 0.824. The Morgan fingerprint density at radius 2 is 2.10 bits per heavy atom. The van der Waals surface area contributed by atoms with Crippen molar-refractivity contribution in [3.63, 3.8) is 0 Å². The van der Waals surface area contributed by atoms with Crippen LogP contribution in [0.4, 0.5) is 9.57 Å². The van der Waals surface area contributed by atoms with Crippen LogP contribution in [0.1, 0.15) is 16.8 Å². The molecule has 9 heteroatoms. The fourth-order valence-corrected chi connectivity index (χ4v) is 2.76. The first kappa shape index (κ1) is 15.2. The molecule has 1 aromatic carbocycles. The molecule has 0 radical (unpaired) electrons. The van der Waals surface area contributed by atoms with Crippen molar-refractivity contribution in [1.82, 2.24) is 0 Å². The lowest BCUT2D eigenvalue weighted by Gasteiger charge is -2.17. The van der Waals surface area contributed by atoms with Crippen LogP contribution in [0.3, 0.4) is 0 Å². The summed E-state index contributed by atoms with van der Waals surface area (Å²) < 4.78 is 39.7. The van der Waals surface area contributed by atoms with Gasteiger partial charge in [-0.25, -0.2) is 4.79 Å². The number of carbonyl (C=O) groups is 2. The Hall–Kier alpha value is -2.16. The summed E-state index contributed by atoms with van der Waals surface area (Å²) in [5, 5.41) is 7.56. The second kappa shape index (κ2) is 5.32. The van der Waals surface area contributed by atoms with Crippen molar-refractivity contribution >= 4 is 27.8 Å². The zero-order chi connectivity index (χ0) is 15.8. The molecule has 0 aromatic heterocycles. The maximum atomic E-state index is 13.0. The Morgan fingerprint density at radius 3 is 2.57 bits per heavy atom. The van der Waals surface area contributed by atoms with Gasteiger partial charge in [0, 0.05) is 24.7 Å². The summed E-state index contributed by atoms with van der Waals surface area (Å²) in [6, 6.07) is 3.85. The number of hydrogen-bond donors (Lipinski definition) is 1. The first-order valence-electron chi connectivity index (χ1n) is 5.88. The van der Waals surface area contributed by atoms with Gasteiger partial charge in [0.05, 0.1) is 12.7 Å². The molecule has 1 amide bonds. The minimum atomic E-state index is -4.83. The van der Waals surface area contributed by atoms with Gasteiger partial charge < -0.3 is 14.7 Å². The zero-order valence-corrected chi connectivity index (χ0v) is 11.8. The number of carbonyl (C=O) groups excluding carboxylic acids is 1. The molecule has 1 aliphatic heterocycles. The fourth-order valence-electron chi connectivity index (χ4n) is 2.09. The number of nitrogens with zero attached hydrogens (tertiary/aromatic N) is 1. The van der Waals surface area contributed by atoms with E-state index in [0.29, 0.717) is 0 Å². The molecule has 21 heavy (non-hydrogen) atoms. The van der Waals surface area contributed by atoms with Gasteiger partial charge in [-0.15, -0.1) is 3.89 Å². The zero-order valence-electron chi connectivity index (χ0n) is 10.9. The number of aromatic carboxylic acids is 1. The largest absolute Gasteiger partial charge is 0.497 e. The number of rotatable bonds is 4. The Morgan fingerprint density at radius 1 is 1.43 bits per heavy atom. The molecule has 2 rings (SSSR count). The number of halogens is 1. The SMILES string of the molecule is COc1cc(C(=O)O)cc(N2CC(S(=O)(=O)F)CC2=O)c1. The van der Waals surface area contributed by atoms with Crippen LogP contribution in [0.5, 0.6) is 5.75 Å². The Labute approximate surface area is 120 Å². The molecule has 114 valence electrons. The molecule has 1 saturated heterocycles. The van der Waals surface area contributed by atoms with Crippen molar-refractivity contribution in [2.75, 3.05) is 18.6 Å². The average Bonchev–Trinajstić information content (AvgIpc) is 2.80. The summed E-state index contributed by atoms with van der Waals surface area (Å²) in [5.41, 5.74) is 0.0339. The Balaban J connectivity index is 2.40. The lowest BCUT2D eigenvalue weighted by molar-refractivity contribution is -0.117. The molecule has 1 aromatic rings. The van der Waals surface area contributed by atoms with Gasteiger partial charge in [0.25, 0.3) is 0 Å². The third kappa shape index (κ3) is 3.13. The molecule has 7 nitrogen and oxygen atoms in total. The fraction of sp³-hybridized carbons (Fsp3) is 0.333. The molecular weight excluding hydrogens is 305 g/mol. The van der Waals surface area contributed by atoms with Crippen molar-refractivity contribution in [1.29, 1.82) is 0 Å². The van der Waals surface area contributed by atoms with Gasteiger partial charge in [0.2, 0.25) is 5.91 Å². The molecule has 1 atom stereocenters. The van der Waals surface area contributed by atoms with Crippen LogP contribution in [0.2, 0.25) is 0 Å². The first-order valence-corrected chi connectivity index (χ1v) is 7.33. The normalized spacial score (nSPS) is 18.9. The Kier molecular flexibility index (Phi) is 3.86. The minimum Gasteiger partial charge on any atom is -0.497 e. The molecule has 0 saturated carbocycles. The van der Waals surface area contributed by atoms with Crippen LogP contribution < -0.4 is 9.64 Å². The average molecular weight is 317 g/mol. The summed E-state index contributed by atoms with van der Waals surface area (Å²) in [5.74, 6) is -1.62. The number of anilines is 1. The van der Waals surface area contributed by atoms with Crippen LogP contribution in [0.15, 0.2) is 18.2 Å². The number of methoxy groups -OCH3 is 1. The molecule has 1 N–H and O–H groups in total. The van der Waals surface area contributed by atoms with Crippen molar-refractivity contribution in [2.45, 2.75) is 11.7 Å². The number of benzene rings is 1. The van der Waals surface area contributed by atoms with E-state index in [9.17, 15) is 21.9 Å². The Bertz CT molecular complexity index is 702. The van der Waals surface area contributed by atoms with Crippen LogP contribution in [-0.2, 0) is 15.0 Å². The van der Waals surface area contributed by atoms with E-state index in [1.807, 2.05) is 0 Å². The second-order valence-corrected chi connectivity index (χ2v) is 6.15. The number of carboxylic acid groups (broad SMARTS) is 1. The van der Waals surface area contributed by atoms with Gasteiger partial charge >= 0.3 is 16.2 Å². The maximum absolute atomic E-state index is 13.0. The predicted octanol–water partition coefficient (Wildman–Crippen LogP) is 0.798. The van der Waals surface area contributed by atoms with Gasteiger partial charge in [0.1, 0.15) is 11.0 Å².